The van der Waals surface area contributed by atoms with Gasteiger partial charge in [0.25, 0.3) is 11.8 Å². The summed E-state index contributed by atoms with van der Waals surface area (Å²) in [6, 6.07) is 2.76. The van der Waals surface area contributed by atoms with Gasteiger partial charge in [0.2, 0.25) is 5.60 Å². The van der Waals surface area contributed by atoms with Crippen LogP contribution in [0, 0.1) is 0 Å². The van der Waals surface area contributed by atoms with Crippen LogP contribution in [0.5, 0.6) is 0 Å². The molecule has 2 aromatic rings. The molecule has 13 nitrogen and oxygen atoms in total. The lowest BCUT2D eigenvalue weighted by Gasteiger charge is -2.49. The Kier molecular flexibility index (Phi) is 8.17. The highest BCUT2D eigenvalue weighted by Gasteiger charge is 2.55. The number of nitrogens with zero attached hydrogens (tertiary/aromatic N) is 4. The van der Waals surface area contributed by atoms with Gasteiger partial charge in [-0.05, 0) is 26.2 Å². The molecule has 0 bridgehead atoms. The Hall–Kier alpha value is -3.63. The maximum absolute atomic E-state index is 13.2. The first-order valence-electron chi connectivity index (χ1n) is 11.4. The average Bonchev–Trinajstić information content (AvgIpc) is 3.32. The minimum atomic E-state index is -1.75. The van der Waals surface area contributed by atoms with Crippen LogP contribution in [-0.2, 0) is 30.6 Å². The van der Waals surface area contributed by atoms with Crippen LogP contribution in [-0.4, -0.2) is 78.6 Å². The van der Waals surface area contributed by atoms with Crippen LogP contribution in [0.3, 0.4) is 0 Å². The Labute approximate surface area is 235 Å². The van der Waals surface area contributed by atoms with Gasteiger partial charge >= 0.3 is 11.9 Å². The van der Waals surface area contributed by atoms with Crippen LogP contribution < -0.4 is 15.6 Å². The first kappa shape index (κ1) is 28.4. The number of carboxylic acids is 2. The van der Waals surface area contributed by atoms with Gasteiger partial charge in [-0.2, -0.15) is 4.57 Å². The van der Waals surface area contributed by atoms with Crippen molar-refractivity contribution in [2.75, 3.05) is 17.7 Å². The zero-order valence-corrected chi connectivity index (χ0v) is 23.4. The summed E-state index contributed by atoms with van der Waals surface area (Å²) in [5.41, 5.74) is 4.05. The molecule has 0 spiro atoms. The minimum absolute atomic E-state index is 0.0361. The number of aromatic nitrogens is 2. The maximum Gasteiger partial charge on any atom is 0.352 e. The van der Waals surface area contributed by atoms with E-state index in [1.807, 2.05) is 35.3 Å². The SMILES string of the molecule is CSc1ccc[n+](CC2=C(C(=O)O)N3C(=O)C(NC(=O)/C(=N\OC(C)(C)C(=O)O)c4csc(N)n4)C3SC2)c1. The molecule has 5 N–H and O–H groups in total. The molecule has 0 radical (unpaired) electrons. The van der Waals surface area contributed by atoms with Crippen molar-refractivity contribution >= 4 is 69.5 Å². The highest BCUT2D eigenvalue weighted by atomic mass is 32.2. The number of aliphatic carboxylic acids is 2. The normalized spacial score (nSPS) is 19.3. The first-order valence-corrected chi connectivity index (χ1v) is 14.5. The van der Waals surface area contributed by atoms with Crippen molar-refractivity contribution in [3.8, 4) is 0 Å². The van der Waals surface area contributed by atoms with E-state index in [0.717, 1.165) is 16.2 Å². The molecule has 2 unspecified atom stereocenters. The smallest absolute Gasteiger partial charge is 0.352 e. The maximum atomic E-state index is 13.2. The third-order valence-electron chi connectivity index (χ3n) is 5.84. The summed E-state index contributed by atoms with van der Waals surface area (Å²) in [7, 11) is 0. The number of carbonyl (C=O) groups excluding carboxylic acids is 2. The lowest BCUT2D eigenvalue weighted by molar-refractivity contribution is -0.690. The molecule has 2 aliphatic heterocycles. The fourth-order valence-electron chi connectivity index (χ4n) is 3.75. The molecule has 0 aliphatic carbocycles. The molecule has 39 heavy (non-hydrogen) atoms. The van der Waals surface area contributed by atoms with E-state index in [4.69, 9.17) is 10.6 Å². The molecule has 206 valence electrons. The van der Waals surface area contributed by atoms with E-state index in [1.54, 1.807) is 11.8 Å². The summed E-state index contributed by atoms with van der Waals surface area (Å²) in [4.78, 5) is 61.2. The predicted octanol–water partition coefficient (Wildman–Crippen LogP) is 0.757. The van der Waals surface area contributed by atoms with E-state index in [0.29, 0.717) is 11.3 Å². The molecule has 1 saturated heterocycles. The summed E-state index contributed by atoms with van der Waals surface area (Å²) >= 11 is 3.92. The molecular weight excluding hydrogens is 568 g/mol. The van der Waals surface area contributed by atoms with Crippen molar-refractivity contribution in [1.29, 1.82) is 0 Å². The topological polar surface area (TPSA) is 188 Å². The summed E-state index contributed by atoms with van der Waals surface area (Å²) in [6.07, 6.45) is 5.66. The monoisotopic (exact) mass is 593 g/mol. The second kappa shape index (κ2) is 11.2. The molecule has 2 amide bonds. The molecule has 16 heteroatoms. The quantitative estimate of drug-likeness (QED) is 0.100. The van der Waals surface area contributed by atoms with E-state index in [-0.39, 0.29) is 28.8 Å². The fraction of sp³-hybridized carbons (Fsp3) is 0.348. The lowest BCUT2D eigenvalue weighted by atomic mass is 10.0. The second-order valence-electron chi connectivity index (χ2n) is 8.95. The predicted molar refractivity (Wildman–Crippen MR) is 144 cm³/mol. The van der Waals surface area contributed by atoms with Crippen molar-refractivity contribution in [3.63, 3.8) is 0 Å². The number of carbonyl (C=O) groups is 4. The number of hydrogen-bond donors (Lipinski definition) is 4. The number of oxime groups is 1. The molecule has 2 atom stereocenters. The number of fused-ring (bicyclic) bond motifs is 1. The standard InChI is InChI=1S/C23H24N6O7S3/c1-23(2,21(34)35)36-27-14(13-10-39-22(24)25-13)17(30)26-15-18(31)29-16(20(32)33)11(9-38-19(15)29)7-28-6-4-5-12(8-28)37-3/h4-6,8,10,15,19H,7,9H2,1-3H3,(H4-,24,25,26,30,32,33,34,35)/p+1/b27-14-. The van der Waals surface area contributed by atoms with Crippen LogP contribution >= 0.6 is 34.9 Å². The van der Waals surface area contributed by atoms with Crippen LogP contribution in [0.4, 0.5) is 5.13 Å². The van der Waals surface area contributed by atoms with Crippen molar-refractivity contribution in [2.24, 2.45) is 5.16 Å². The zero-order valence-electron chi connectivity index (χ0n) is 21.0. The molecule has 4 heterocycles. The molecule has 0 aromatic carbocycles. The molecule has 2 aromatic heterocycles. The number of nitrogen functional groups attached to an aromatic ring is 1. The van der Waals surface area contributed by atoms with Gasteiger partial charge in [0.1, 0.15) is 22.8 Å². The van der Waals surface area contributed by atoms with Gasteiger partial charge in [0, 0.05) is 22.8 Å². The number of carboxylic acid groups (broad SMARTS) is 2. The summed E-state index contributed by atoms with van der Waals surface area (Å²) in [5, 5.41) is 26.5. The van der Waals surface area contributed by atoms with Gasteiger partial charge in [-0.3, -0.25) is 14.5 Å². The third-order valence-corrected chi connectivity index (χ3v) is 8.56. The summed E-state index contributed by atoms with van der Waals surface area (Å²) in [5.74, 6) is -3.66. The van der Waals surface area contributed by atoms with E-state index in [1.165, 1.54) is 35.9 Å². The number of pyridine rings is 1. The Morgan fingerprint density at radius 1 is 1.38 bits per heavy atom. The van der Waals surface area contributed by atoms with E-state index in [2.05, 4.69) is 15.5 Å². The van der Waals surface area contributed by atoms with Gasteiger partial charge in [-0.25, -0.2) is 14.6 Å². The number of thiazole rings is 1. The van der Waals surface area contributed by atoms with E-state index >= 15 is 0 Å². The highest BCUT2D eigenvalue weighted by Crippen LogP contribution is 2.40. The number of anilines is 1. The third kappa shape index (κ3) is 5.86. The van der Waals surface area contributed by atoms with Crippen molar-refractivity contribution < 1.29 is 38.8 Å². The zero-order chi connectivity index (χ0) is 28.5. The number of thioether (sulfide) groups is 2. The highest BCUT2D eigenvalue weighted by molar-refractivity contribution is 8.00. The number of hydrogen-bond acceptors (Lipinski definition) is 11. The molecule has 0 saturated carbocycles. The van der Waals surface area contributed by atoms with Crippen LogP contribution in [0.1, 0.15) is 19.5 Å². The van der Waals surface area contributed by atoms with Crippen molar-refractivity contribution in [2.45, 2.75) is 42.3 Å². The number of nitrogens with one attached hydrogen (secondary N) is 1. The fourth-order valence-corrected chi connectivity index (χ4v) is 6.09. The Balaban J connectivity index is 1.55. The molecule has 1 fully saturated rings. The number of nitrogens with two attached hydrogens (primary N) is 1. The molecule has 4 rings (SSSR count). The van der Waals surface area contributed by atoms with Crippen molar-refractivity contribution in [3.05, 3.63) is 46.9 Å². The average molecular weight is 594 g/mol. The number of amides is 2. The van der Waals surface area contributed by atoms with Gasteiger partial charge < -0.3 is 26.1 Å². The van der Waals surface area contributed by atoms with Crippen LogP contribution in [0.15, 0.2) is 51.2 Å². The van der Waals surface area contributed by atoms with Gasteiger partial charge in [-0.1, -0.05) is 5.16 Å². The summed E-state index contributed by atoms with van der Waals surface area (Å²) < 4.78 is 1.86. The van der Waals surface area contributed by atoms with Crippen LogP contribution in [0.2, 0.25) is 0 Å². The van der Waals surface area contributed by atoms with E-state index < -0.39 is 40.8 Å². The van der Waals surface area contributed by atoms with Crippen LogP contribution in [0.25, 0.3) is 0 Å². The Bertz CT molecular complexity index is 1410. The van der Waals surface area contributed by atoms with E-state index in [9.17, 15) is 29.4 Å². The number of rotatable bonds is 10. The first-order chi connectivity index (χ1) is 18.4. The van der Waals surface area contributed by atoms with Crippen molar-refractivity contribution in [1.82, 2.24) is 15.2 Å². The van der Waals surface area contributed by atoms with Gasteiger partial charge in [0.05, 0.1) is 4.90 Å². The Morgan fingerprint density at radius 3 is 2.74 bits per heavy atom. The Morgan fingerprint density at radius 2 is 2.13 bits per heavy atom. The second-order valence-corrected chi connectivity index (χ2v) is 11.8. The largest absolute Gasteiger partial charge is 0.478 e. The van der Waals surface area contributed by atoms with Gasteiger partial charge in [0.15, 0.2) is 29.8 Å². The molecule has 2 aliphatic rings. The number of β-lactam (4-membered cyclic amide) rings is 1. The minimum Gasteiger partial charge on any atom is -0.478 e. The van der Waals surface area contributed by atoms with Gasteiger partial charge in [-0.15, -0.1) is 34.9 Å². The molecular formula is C23H25N6O7S3+. The lowest BCUT2D eigenvalue weighted by Crippen LogP contribution is -2.71. The summed E-state index contributed by atoms with van der Waals surface area (Å²) in [6.45, 7) is 2.79.